The lowest BCUT2D eigenvalue weighted by Gasteiger charge is -2.44. The number of carboxylic acid groups (broad SMARTS) is 2. The van der Waals surface area contributed by atoms with Crippen LogP contribution >= 0.6 is 0 Å². The lowest BCUT2D eigenvalue weighted by molar-refractivity contribution is -0.148. The summed E-state index contributed by atoms with van der Waals surface area (Å²) in [5.41, 5.74) is 1.73. The largest absolute Gasteiger partial charge is 0.481 e. The van der Waals surface area contributed by atoms with Gasteiger partial charge in [-0.15, -0.1) is 0 Å². The van der Waals surface area contributed by atoms with Gasteiger partial charge < -0.3 is 10.2 Å². The van der Waals surface area contributed by atoms with Crippen LogP contribution in [-0.4, -0.2) is 22.2 Å². The third-order valence-electron chi connectivity index (χ3n) is 5.43. The lowest BCUT2D eigenvalue weighted by atomic mass is 9.58. The highest BCUT2D eigenvalue weighted by Gasteiger charge is 2.49. The smallest absolute Gasteiger partial charge is 0.314 e. The normalized spacial score (nSPS) is 29.2. The van der Waals surface area contributed by atoms with Crippen molar-refractivity contribution in [2.45, 2.75) is 50.9 Å². The molecule has 1 fully saturated rings. The maximum absolute atomic E-state index is 12.1. The summed E-state index contributed by atoms with van der Waals surface area (Å²) in [6.45, 7) is 1.99. The molecule has 0 bridgehead atoms. The van der Waals surface area contributed by atoms with E-state index in [1.807, 2.05) is 31.2 Å². The molecule has 2 aliphatic carbocycles. The zero-order valence-electron chi connectivity index (χ0n) is 13.3. The fourth-order valence-electron chi connectivity index (χ4n) is 4.46. The molecule has 1 aromatic carbocycles. The highest BCUT2D eigenvalue weighted by molar-refractivity contribution is 5.84. The maximum atomic E-state index is 12.1. The standard InChI is InChI=1S/C19H22O4/c1-2-9-19(18(22)23)10-5-8-14-12-6-3-4-7-13(12)15(17(20)21)11-16(14)19/h3-4,6-7,11,14-15H,2,5,8-10H2,1H3,(H,20,21)(H,22,23)/t14-,15-,19+/m1/s1. The highest BCUT2D eigenvalue weighted by atomic mass is 16.4. The quantitative estimate of drug-likeness (QED) is 0.826. The molecule has 4 heteroatoms. The van der Waals surface area contributed by atoms with E-state index in [0.29, 0.717) is 12.8 Å². The molecule has 0 aliphatic heterocycles. The first kappa shape index (κ1) is 15.8. The Labute approximate surface area is 135 Å². The molecule has 0 amide bonds. The van der Waals surface area contributed by atoms with E-state index >= 15 is 0 Å². The molecule has 3 rings (SSSR count). The van der Waals surface area contributed by atoms with Gasteiger partial charge in [-0.1, -0.05) is 50.1 Å². The molecule has 1 aromatic rings. The number of rotatable bonds is 4. The van der Waals surface area contributed by atoms with Crippen LogP contribution in [0.1, 0.15) is 62.0 Å². The number of carbonyl (C=O) groups is 2. The third kappa shape index (κ3) is 2.37. The summed E-state index contributed by atoms with van der Waals surface area (Å²) < 4.78 is 0. The first-order valence-electron chi connectivity index (χ1n) is 8.28. The Morgan fingerprint density at radius 2 is 1.91 bits per heavy atom. The second kappa shape index (κ2) is 5.84. The number of hydrogen-bond acceptors (Lipinski definition) is 2. The van der Waals surface area contributed by atoms with Crippen LogP contribution in [0.2, 0.25) is 0 Å². The van der Waals surface area contributed by atoms with Crippen LogP contribution in [0.15, 0.2) is 35.9 Å². The molecule has 0 radical (unpaired) electrons. The van der Waals surface area contributed by atoms with E-state index in [2.05, 4.69) is 0 Å². The van der Waals surface area contributed by atoms with Gasteiger partial charge in [0.15, 0.2) is 0 Å². The monoisotopic (exact) mass is 314 g/mol. The Kier molecular flexibility index (Phi) is 4.00. The second-order valence-electron chi connectivity index (χ2n) is 6.65. The van der Waals surface area contributed by atoms with Crippen molar-refractivity contribution >= 4 is 11.9 Å². The van der Waals surface area contributed by atoms with Gasteiger partial charge in [0, 0.05) is 5.92 Å². The Balaban J connectivity index is 2.19. The summed E-state index contributed by atoms with van der Waals surface area (Å²) >= 11 is 0. The molecule has 0 saturated heterocycles. The van der Waals surface area contributed by atoms with Gasteiger partial charge in [0.2, 0.25) is 0 Å². The van der Waals surface area contributed by atoms with Crippen molar-refractivity contribution in [3.63, 3.8) is 0 Å². The molecule has 0 spiro atoms. The number of carboxylic acids is 2. The molecule has 23 heavy (non-hydrogen) atoms. The average molecular weight is 314 g/mol. The van der Waals surface area contributed by atoms with Crippen molar-refractivity contribution in [1.82, 2.24) is 0 Å². The van der Waals surface area contributed by atoms with E-state index < -0.39 is 23.3 Å². The minimum Gasteiger partial charge on any atom is -0.481 e. The Morgan fingerprint density at radius 3 is 2.52 bits per heavy atom. The van der Waals surface area contributed by atoms with Crippen molar-refractivity contribution < 1.29 is 19.8 Å². The van der Waals surface area contributed by atoms with Crippen molar-refractivity contribution in [2.75, 3.05) is 0 Å². The van der Waals surface area contributed by atoms with E-state index in [1.54, 1.807) is 6.08 Å². The molecule has 4 nitrogen and oxygen atoms in total. The van der Waals surface area contributed by atoms with E-state index in [-0.39, 0.29) is 5.92 Å². The van der Waals surface area contributed by atoms with Gasteiger partial charge in [-0.05, 0) is 36.0 Å². The van der Waals surface area contributed by atoms with Gasteiger partial charge in [0.25, 0.3) is 0 Å². The van der Waals surface area contributed by atoms with E-state index in [1.165, 1.54) is 0 Å². The van der Waals surface area contributed by atoms with Gasteiger partial charge in [0.1, 0.15) is 5.92 Å². The number of fused-ring (bicyclic) bond motifs is 3. The molecule has 122 valence electrons. The zero-order chi connectivity index (χ0) is 16.6. The first-order chi connectivity index (χ1) is 11.0. The molecule has 0 unspecified atom stereocenters. The average Bonchev–Trinajstić information content (AvgIpc) is 2.54. The molecule has 3 atom stereocenters. The van der Waals surface area contributed by atoms with E-state index in [0.717, 1.165) is 36.0 Å². The minimum atomic E-state index is -0.912. The lowest BCUT2D eigenvalue weighted by Crippen LogP contribution is -2.40. The van der Waals surface area contributed by atoms with Gasteiger partial charge in [0.05, 0.1) is 5.41 Å². The van der Waals surface area contributed by atoms with Crippen LogP contribution in [0.25, 0.3) is 0 Å². The summed E-state index contributed by atoms with van der Waals surface area (Å²) in [6.07, 6.45) is 5.44. The number of benzene rings is 1. The predicted molar refractivity (Wildman–Crippen MR) is 86.5 cm³/mol. The van der Waals surface area contributed by atoms with Crippen molar-refractivity contribution in [1.29, 1.82) is 0 Å². The number of aliphatic carboxylic acids is 2. The fourth-order valence-corrected chi connectivity index (χ4v) is 4.46. The van der Waals surface area contributed by atoms with Crippen molar-refractivity contribution in [3.05, 3.63) is 47.0 Å². The molecule has 2 N–H and O–H groups in total. The summed E-state index contributed by atoms with van der Waals surface area (Å²) in [5.74, 6) is -2.42. The topological polar surface area (TPSA) is 74.6 Å². The summed E-state index contributed by atoms with van der Waals surface area (Å²) in [7, 11) is 0. The second-order valence-corrected chi connectivity index (χ2v) is 6.65. The summed E-state index contributed by atoms with van der Waals surface area (Å²) in [4.78, 5) is 23.9. The molecule has 0 aromatic heterocycles. The Hall–Kier alpha value is -2.10. The summed E-state index contributed by atoms with van der Waals surface area (Å²) in [5, 5.41) is 19.6. The van der Waals surface area contributed by atoms with Crippen LogP contribution in [0.4, 0.5) is 0 Å². The van der Waals surface area contributed by atoms with Crippen LogP contribution in [-0.2, 0) is 9.59 Å². The van der Waals surface area contributed by atoms with Gasteiger partial charge in [-0.25, -0.2) is 0 Å². The highest BCUT2D eigenvalue weighted by Crippen LogP contribution is 2.55. The van der Waals surface area contributed by atoms with E-state index in [9.17, 15) is 19.8 Å². The molecular formula is C19H22O4. The van der Waals surface area contributed by atoms with Crippen molar-refractivity contribution in [2.24, 2.45) is 5.41 Å². The molecule has 2 aliphatic rings. The van der Waals surface area contributed by atoms with Crippen LogP contribution in [0.5, 0.6) is 0 Å². The van der Waals surface area contributed by atoms with Gasteiger partial charge in [-0.3, -0.25) is 9.59 Å². The summed E-state index contributed by atoms with van der Waals surface area (Å²) in [6, 6.07) is 7.59. The van der Waals surface area contributed by atoms with Crippen LogP contribution in [0, 0.1) is 5.41 Å². The maximum Gasteiger partial charge on any atom is 0.314 e. The Morgan fingerprint density at radius 1 is 1.22 bits per heavy atom. The van der Waals surface area contributed by atoms with Gasteiger partial charge in [-0.2, -0.15) is 0 Å². The fraction of sp³-hybridized carbons (Fsp3) is 0.474. The van der Waals surface area contributed by atoms with Crippen molar-refractivity contribution in [3.8, 4) is 0 Å². The zero-order valence-corrected chi connectivity index (χ0v) is 13.3. The van der Waals surface area contributed by atoms with E-state index in [4.69, 9.17) is 0 Å². The number of hydrogen-bond donors (Lipinski definition) is 2. The minimum absolute atomic E-state index is 0.0400. The third-order valence-corrected chi connectivity index (χ3v) is 5.43. The predicted octanol–water partition coefficient (Wildman–Crippen LogP) is 3.93. The van der Waals surface area contributed by atoms with Crippen LogP contribution in [0.3, 0.4) is 0 Å². The Bertz CT molecular complexity index is 672. The van der Waals surface area contributed by atoms with Crippen LogP contribution < -0.4 is 0 Å². The SMILES string of the molecule is CCC[C@]1(C(=O)O)CCC[C@H]2C1=C[C@@H](C(=O)O)c1ccccc12. The molecular weight excluding hydrogens is 292 g/mol. The molecule has 1 saturated carbocycles. The van der Waals surface area contributed by atoms with Gasteiger partial charge >= 0.3 is 11.9 Å². The molecule has 0 heterocycles. The first-order valence-corrected chi connectivity index (χ1v) is 8.28.